The standard InChI is InChI=1S/C24H20F3N3O5/c1-13-15(4-3-5-18(13)24(25,26)27)11-30-21(32)17(22(33)34)12-29(23(30)35)16-7-8-19-14(10-16)6-9-20(31)28(19)2/h3-5,7-8,10,12H,6,9,11H2,1-2H3,(H,33,34)/p-1. The third-order valence-corrected chi connectivity index (χ3v) is 6.16. The largest absolute Gasteiger partial charge is 0.545 e. The number of halogens is 3. The summed E-state index contributed by atoms with van der Waals surface area (Å²) in [5.74, 6) is -1.91. The molecule has 2 aromatic carbocycles. The van der Waals surface area contributed by atoms with E-state index >= 15 is 0 Å². The molecule has 0 radical (unpaired) electrons. The number of fused-ring (bicyclic) bond motifs is 1. The van der Waals surface area contributed by atoms with Gasteiger partial charge >= 0.3 is 11.9 Å². The van der Waals surface area contributed by atoms with Crippen molar-refractivity contribution in [1.82, 2.24) is 9.13 Å². The minimum Gasteiger partial charge on any atom is -0.545 e. The molecule has 182 valence electrons. The fourth-order valence-corrected chi connectivity index (χ4v) is 4.19. The number of hydrogen-bond acceptors (Lipinski definition) is 5. The molecule has 1 aliphatic rings. The number of aryl methyl sites for hydroxylation is 1. The number of anilines is 1. The summed E-state index contributed by atoms with van der Waals surface area (Å²) in [6, 6.07) is 8.05. The van der Waals surface area contributed by atoms with E-state index in [1.807, 2.05) is 0 Å². The van der Waals surface area contributed by atoms with E-state index in [0.29, 0.717) is 16.7 Å². The molecule has 2 heterocycles. The first-order valence-electron chi connectivity index (χ1n) is 10.5. The topological polar surface area (TPSA) is 104 Å². The third-order valence-electron chi connectivity index (χ3n) is 6.16. The lowest BCUT2D eigenvalue weighted by Crippen LogP contribution is -2.44. The Balaban J connectivity index is 1.89. The van der Waals surface area contributed by atoms with Crippen LogP contribution in [0.3, 0.4) is 0 Å². The molecule has 0 N–H and O–H groups in total. The van der Waals surface area contributed by atoms with Gasteiger partial charge in [-0.3, -0.25) is 18.7 Å². The molecule has 0 unspecified atom stereocenters. The van der Waals surface area contributed by atoms with Crippen molar-refractivity contribution in [2.45, 2.75) is 32.5 Å². The number of aromatic nitrogens is 2. The second kappa shape index (κ2) is 8.57. The molecule has 3 aromatic rings. The van der Waals surface area contributed by atoms with Crippen molar-refractivity contribution in [3.05, 3.63) is 91.3 Å². The van der Waals surface area contributed by atoms with Gasteiger partial charge in [0.1, 0.15) is 0 Å². The van der Waals surface area contributed by atoms with Gasteiger partial charge in [-0.25, -0.2) is 4.79 Å². The molecular weight excluding hydrogens is 467 g/mol. The van der Waals surface area contributed by atoms with Crippen LogP contribution in [0.15, 0.2) is 52.2 Å². The van der Waals surface area contributed by atoms with Gasteiger partial charge in [0.25, 0.3) is 5.56 Å². The average molecular weight is 486 g/mol. The van der Waals surface area contributed by atoms with E-state index in [1.54, 1.807) is 19.2 Å². The molecule has 0 atom stereocenters. The summed E-state index contributed by atoms with van der Waals surface area (Å²) in [5.41, 5.74) is -2.42. The van der Waals surface area contributed by atoms with E-state index in [-0.39, 0.29) is 29.1 Å². The molecule has 0 bridgehead atoms. The van der Waals surface area contributed by atoms with E-state index in [2.05, 4.69) is 0 Å². The van der Waals surface area contributed by atoms with Gasteiger partial charge in [-0.05, 0) is 54.3 Å². The van der Waals surface area contributed by atoms with Gasteiger partial charge in [-0.1, -0.05) is 12.1 Å². The van der Waals surface area contributed by atoms with E-state index in [4.69, 9.17) is 0 Å². The molecule has 1 aliphatic heterocycles. The highest BCUT2D eigenvalue weighted by molar-refractivity contribution is 5.96. The van der Waals surface area contributed by atoms with Gasteiger partial charge < -0.3 is 14.8 Å². The smallest absolute Gasteiger partial charge is 0.416 e. The number of benzene rings is 2. The number of carboxylic acid groups (broad SMARTS) is 1. The van der Waals surface area contributed by atoms with Gasteiger partial charge in [-0.2, -0.15) is 13.2 Å². The molecule has 35 heavy (non-hydrogen) atoms. The highest BCUT2D eigenvalue weighted by Gasteiger charge is 2.33. The second-order valence-electron chi connectivity index (χ2n) is 8.23. The molecule has 0 saturated heterocycles. The molecular formula is C24H19F3N3O5-. The van der Waals surface area contributed by atoms with Gasteiger partial charge in [0.15, 0.2) is 0 Å². The lowest BCUT2D eigenvalue weighted by Gasteiger charge is -2.26. The Morgan fingerprint density at radius 2 is 1.80 bits per heavy atom. The molecule has 11 heteroatoms. The fourth-order valence-electron chi connectivity index (χ4n) is 4.19. The van der Waals surface area contributed by atoms with Crippen molar-refractivity contribution < 1.29 is 27.9 Å². The number of aromatic carboxylic acids is 1. The Hall–Kier alpha value is -4.15. The SMILES string of the molecule is Cc1c(Cn2c(=O)c(C(=O)[O-])cn(-c3ccc4c(c3)CCC(=O)N4C)c2=O)cccc1C(F)(F)F. The fraction of sp³-hybridized carbons (Fsp3) is 0.250. The lowest BCUT2D eigenvalue weighted by atomic mass is 10.0. The summed E-state index contributed by atoms with van der Waals surface area (Å²) >= 11 is 0. The third kappa shape index (κ3) is 4.25. The maximum Gasteiger partial charge on any atom is 0.416 e. The van der Waals surface area contributed by atoms with Gasteiger partial charge in [0.2, 0.25) is 5.91 Å². The molecule has 4 rings (SSSR count). The number of carboxylic acids is 1. The summed E-state index contributed by atoms with van der Waals surface area (Å²) < 4.78 is 41.5. The highest BCUT2D eigenvalue weighted by atomic mass is 19.4. The number of amides is 1. The zero-order valence-electron chi connectivity index (χ0n) is 18.7. The number of alkyl halides is 3. The van der Waals surface area contributed by atoms with Crippen LogP contribution in [0.2, 0.25) is 0 Å². The highest BCUT2D eigenvalue weighted by Crippen LogP contribution is 2.33. The summed E-state index contributed by atoms with van der Waals surface area (Å²) in [6.45, 7) is 0.641. The zero-order valence-corrected chi connectivity index (χ0v) is 18.7. The molecule has 8 nitrogen and oxygen atoms in total. The van der Waals surface area contributed by atoms with Crippen LogP contribution in [0.25, 0.3) is 5.69 Å². The quantitative estimate of drug-likeness (QED) is 0.558. The van der Waals surface area contributed by atoms with Crippen molar-refractivity contribution >= 4 is 17.6 Å². The number of hydrogen-bond donors (Lipinski definition) is 0. The van der Waals surface area contributed by atoms with E-state index in [9.17, 15) is 37.5 Å². The molecule has 0 spiro atoms. The van der Waals surface area contributed by atoms with Crippen LogP contribution in [0.4, 0.5) is 18.9 Å². The predicted molar refractivity (Wildman–Crippen MR) is 118 cm³/mol. The van der Waals surface area contributed by atoms with Crippen molar-refractivity contribution in [2.75, 3.05) is 11.9 Å². The Bertz CT molecular complexity index is 1490. The van der Waals surface area contributed by atoms with Crippen molar-refractivity contribution in [1.29, 1.82) is 0 Å². The monoisotopic (exact) mass is 486 g/mol. The minimum absolute atomic E-state index is 0.0339. The number of nitrogens with zero attached hydrogens (tertiary/aromatic N) is 3. The first-order valence-corrected chi connectivity index (χ1v) is 10.5. The molecule has 0 saturated carbocycles. The lowest BCUT2D eigenvalue weighted by molar-refractivity contribution is -0.255. The maximum atomic E-state index is 13.3. The summed E-state index contributed by atoms with van der Waals surface area (Å²) in [5, 5.41) is 11.7. The maximum absolute atomic E-state index is 13.3. The van der Waals surface area contributed by atoms with Gasteiger partial charge in [0, 0.05) is 25.4 Å². The molecule has 1 amide bonds. The van der Waals surface area contributed by atoms with Crippen molar-refractivity contribution in [3.8, 4) is 5.69 Å². The summed E-state index contributed by atoms with van der Waals surface area (Å²) in [4.78, 5) is 51.1. The van der Waals surface area contributed by atoms with Crippen LogP contribution < -0.4 is 21.3 Å². The molecule has 1 aromatic heterocycles. The van der Waals surface area contributed by atoms with Gasteiger partial charge in [-0.15, -0.1) is 0 Å². The Labute approximate surface area is 196 Å². The van der Waals surface area contributed by atoms with E-state index in [0.717, 1.165) is 28.5 Å². The van der Waals surface area contributed by atoms with Crippen LogP contribution in [0, 0.1) is 6.92 Å². The minimum atomic E-state index is -4.64. The number of carbonyl (C=O) groups excluding carboxylic acids is 2. The average Bonchev–Trinajstić information content (AvgIpc) is 2.79. The Morgan fingerprint density at radius 1 is 1.09 bits per heavy atom. The summed E-state index contributed by atoms with van der Waals surface area (Å²) in [7, 11) is 1.61. The number of carbonyl (C=O) groups is 2. The molecule has 0 aliphatic carbocycles. The van der Waals surface area contributed by atoms with Crippen LogP contribution in [-0.2, 0) is 23.9 Å². The Morgan fingerprint density at radius 3 is 2.46 bits per heavy atom. The van der Waals surface area contributed by atoms with E-state index < -0.39 is 41.1 Å². The Kier molecular flexibility index (Phi) is 5.87. The molecule has 0 fully saturated rings. The normalized spacial score (nSPS) is 13.6. The second-order valence-corrected chi connectivity index (χ2v) is 8.23. The van der Waals surface area contributed by atoms with Crippen LogP contribution >= 0.6 is 0 Å². The number of rotatable bonds is 4. The zero-order chi connectivity index (χ0) is 25.7. The van der Waals surface area contributed by atoms with Crippen LogP contribution in [0.1, 0.15) is 39.0 Å². The first kappa shape index (κ1) is 24.0. The van der Waals surface area contributed by atoms with Crippen molar-refractivity contribution in [2.24, 2.45) is 0 Å². The summed E-state index contributed by atoms with van der Waals surface area (Å²) in [6.07, 6.45) is -3.15. The van der Waals surface area contributed by atoms with Crippen LogP contribution in [-0.4, -0.2) is 28.1 Å². The van der Waals surface area contributed by atoms with E-state index in [1.165, 1.54) is 24.0 Å². The van der Waals surface area contributed by atoms with Gasteiger partial charge in [0.05, 0.1) is 29.3 Å². The predicted octanol–water partition coefficient (Wildman–Crippen LogP) is 1.65. The van der Waals surface area contributed by atoms with Crippen molar-refractivity contribution in [3.63, 3.8) is 0 Å². The first-order chi connectivity index (χ1) is 16.4. The van der Waals surface area contributed by atoms with Crippen LogP contribution in [0.5, 0.6) is 0 Å².